The molecule has 2 heterocycles. The van der Waals surface area contributed by atoms with E-state index in [2.05, 4.69) is 15.7 Å². The van der Waals surface area contributed by atoms with Gasteiger partial charge in [0.25, 0.3) is 0 Å². The summed E-state index contributed by atoms with van der Waals surface area (Å²) >= 11 is 0. The Morgan fingerprint density at radius 1 is 1.38 bits per heavy atom. The second-order valence-corrected chi connectivity index (χ2v) is 6.51. The van der Waals surface area contributed by atoms with Crippen LogP contribution in [0, 0.1) is 5.92 Å². The number of rotatable bonds is 4. The van der Waals surface area contributed by atoms with E-state index in [0.29, 0.717) is 12.6 Å². The SMILES string of the molecule is Cn1cc(CCNC(=O)C2CCC3CCCCC3N2)cn1. The molecule has 2 aliphatic rings. The van der Waals surface area contributed by atoms with Gasteiger partial charge >= 0.3 is 0 Å². The van der Waals surface area contributed by atoms with Gasteiger partial charge in [0.15, 0.2) is 0 Å². The van der Waals surface area contributed by atoms with E-state index in [1.54, 1.807) is 4.68 Å². The molecule has 0 radical (unpaired) electrons. The molecule has 0 bridgehead atoms. The van der Waals surface area contributed by atoms with Crippen molar-refractivity contribution in [2.24, 2.45) is 13.0 Å². The van der Waals surface area contributed by atoms with E-state index in [1.807, 2.05) is 19.4 Å². The van der Waals surface area contributed by atoms with E-state index in [0.717, 1.165) is 18.8 Å². The molecular weight excluding hydrogens is 264 g/mol. The van der Waals surface area contributed by atoms with Gasteiger partial charge in [-0.05, 0) is 43.6 Å². The monoisotopic (exact) mass is 290 g/mol. The summed E-state index contributed by atoms with van der Waals surface area (Å²) < 4.78 is 1.79. The van der Waals surface area contributed by atoms with Crippen LogP contribution in [-0.2, 0) is 18.3 Å². The summed E-state index contributed by atoms with van der Waals surface area (Å²) in [6.07, 6.45) is 12.2. The fourth-order valence-electron chi connectivity index (χ4n) is 3.76. The van der Waals surface area contributed by atoms with Crippen LogP contribution in [0.2, 0.25) is 0 Å². The zero-order chi connectivity index (χ0) is 14.7. The average Bonchev–Trinajstić information content (AvgIpc) is 2.92. The highest BCUT2D eigenvalue weighted by Gasteiger charge is 2.34. The molecule has 0 spiro atoms. The lowest BCUT2D eigenvalue weighted by Gasteiger charge is -2.39. The number of fused-ring (bicyclic) bond motifs is 1. The van der Waals surface area contributed by atoms with Gasteiger partial charge in [0.2, 0.25) is 5.91 Å². The van der Waals surface area contributed by atoms with Crippen molar-refractivity contribution in [1.29, 1.82) is 0 Å². The number of nitrogens with zero attached hydrogens (tertiary/aromatic N) is 2. The van der Waals surface area contributed by atoms with Crippen LogP contribution in [0.25, 0.3) is 0 Å². The molecule has 1 aliphatic heterocycles. The number of hydrogen-bond donors (Lipinski definition) is 2. The number of hydrogen-bond acceptors (Lipinski definition) is 3. The van der Waals surface area contributed by atoms with E-state index in [1.165, 1.54) is 37.7 Å². The minimum atomic E-state index is 0.0123. The number of nitrogens with one attached hydrogen (secondary N) is 2. The first-order valence-electron chi connectivity index (χ1n) is 8.23. The highest BCUT2D eigenvalue weighted by atomic mass is 16.2. The molecule has 3 unspecified atom stereocenters. The van der Waals surface area contributed by atoms with Crippen molar-refractivity contribution in [1.82, 2.24) is 20.4 Å². The standard InChI is InChI=1S/C16H26N4O/c1-20-11-12(10-18-20)8-9-17-16(21)15-7-6-13-4-2-3-5-14(13)19-15/h10-11,13-15,19H,2-9H2,1H3,(H,17,21). The van der Waals surface area contributed by atoms with Crippen molar-refractivity contribution < 1.29 is 4.79 Å². The topological polar surface area (TPSA) is 59.0 Å². The van der Waals surface area contributed by atoms with E-state index < -0.39 is 0 Å². The Balaban J connectivity index is 1.43. The molecular formula is C16H26N4O. The maximum absolute atomic E-state index is 12.3. The average molecular weight is 290 g/mol. The van der Waals surface area contributed by atoms with Gasteiger partial charge in [-0.2, -0.15) is 5.10 Å². The summed E-state index contributed by atoms with van der Waals surface area (Å²) in [5.74, 6) is 0.973. The van der Waals surface area contributed by atoms with Gasteiger partial charge in [-0.3, -0.25) is 9.48 Å². The zero-order valence-electron chi connectivity index (χ0n) is 12.8. The van der Waals surface area contributed by atoms with Gasteiger partial charge in [0, 0.05) is 25.8 Å². The Bertz CT molecular complexity index is 484. The zero-order valence-corrected chi connectivity index (χ0v) is 12.8. The Morgan fingerprint density at radius 3 is 3.05 bits per heavy atom. The molecule has 21 heavy (non-hydrogen) atoms. The van der Waals surface area contributed by atoms with Gasteiger partial charge in [0.05, 0.1) is 12.2 Å². The first kappa shape index (κ1) is 14.6. The first-order chi connectivity index (χ1) is 10.2. The lowest BCUT2D eigenvalue weighted by atomic mass is 9.77. The number of aromatic nitrogens is 2. The Labute approximate surface area is 126 Å². The van der Waals surface area contributed by atoms with Crippen LogP contribution < -0.4 is 10.6 Å². The molecule has 5 heteroatoms. The summed E-state index contributed by atoms with van der Waals surface area (Å²) in [7, 11) is 1.91. The van der Waals surface area contributed by atoms with Crippen molar-refractivity contribution in [2.75, 3.05) is 6.54 Å². The number of carbonyl (C=O) groups excluding carboxylic acids is 1. The molecule has 2 fully saturated rings. The summed E-state index contributed by atoms with van der Waals surface area (Å²) in [5.41, 5.74) is 1.17. The smallest absolute Gasteiger partial charge is 0.237 e. The normalized spacial score (nSPS) is 28.9. The van der Waals surface area contributed by atoms with Gasteiger partial charge in [-0.15, -0.1) is 0 Å². The second-order valence-electron chi connectivity index (χ2n) is 6.51. The highest BCUT2D eigenvalue weighted by Crippen LogP contribution is 2.32. The molecule has 1 aliphatic carbocycles. The van der Waals surface area contributed by atoms with Crippen molar-refractivity contribution in [3.8, 4) is 0 Å². The fourth-order valence-corrected chi connectivity index (χ4v) is 3.76. The largest absolute Gasteiger partial charge is 0.354 e. The Kier molecular flexibility index (Phi) is 4.58. The van der Waals surface area contributed by atoms with Gasteiger partial charge in [0.1, 0.15) is 0 Å². The van der Waals surface area contributed by atoms with Crippen molar-refractivity contribution >= 4 is 5.91 Å². The van der Waals surface area contributed by atoms with Crippen LogP contribution in [0.1, 0.15) is 44.1 Å². The third-order valence-corrected chi connectivity index (χ3v) is 4.94. The van der Waals surface area contributed by atoms with E-state index in [4.69, 9.17) is 0 Å². The van der Waals surface area contributed by atoms with E-state index >= 15 is 0 Å². The third kappa shape index (κ3) is 3.64. The van der Waals surface area contributed by atoms with Gasteiger partial charge < -0.3 is 10.6 Å². The summed E-state index contributed by atoms with van der Waals surface area (Å²) in [6, 6.07) is 0.583. The van der Waals surface area contributed by atoms with Crippen molar-refractivity contribution in [2.45, 2.75) is 57.0 Å². The lowest BCUT2D eigenvalue weighted by Crippen LogP contribution is -2.55. The maximum atomic E-state index is 12.3. The maximum Gasteiger partial charge on any atom is 0.237 e. The molecule has 1 saturated carbocycles. The summed E-state index contributed by atoms with van der Waals surface area (Å²) in [5, 5.41) is 10.8. The van der Waals surface area contributed by atoms with Gasteiger partial charge in [-0.25, -0.2) is 0 Å². The van der Waals surface area contributed by atoms with Crippen molar-refractivity contribution in [3.63, 3.8) is 0 Å². The minimum Gasteiger partial charge on any atom is -0.354 e. The minimum absolute atomic E-state index is 0.0123. The lowest BCUT2D eigenvalue weighted by molar-refractivity contribution is -0.124. The van der Waals surface area contributed by atoms with Crippen LogP contribution in [-0.4, -0.2) is 34.3 Å². The molecule has 1 aromatic heterocycles. The molecule has 1 saturated heterocycles. The van der Waals surface area contributed by atoms with E-state index in [9.17, 15) is 4.79 Å². The first-order valence-corrected chi connectivity index (χ1v) is 8.23. The molecule has 3 atom stereocenters. The molecule has 1 amide bonds. The van der Waals surface area contributed by atoms with Crippen LogP contribution in [0.3, 0.4) is 0 Å². The molecule has 5 nitrogen and oxygen atoms in total. The summed E-state index contributed by atoms with van der Waals surface area (Å²) in [6.45, 7) is 0.691. The van der Waals surface area contributed by atoms with E-state index in [-0.39, 0.29) is 11.9 Å². The molecule has 1 aromatic rings. The molecule has 2 N–H and O–H groups in total. The van der Waals surface area contributed by atoms with Crippen LogP contribution in [0.15, 0.2) is 12.4 Å². The molecule has 0 aromatic carbocycles. The number of carbonyl (C=O) groups is 1. The number of amides is 1. The molecule has 116 valence electrons. The van der Waals surface area contributed by atoms with Crippen LogP contribution >= 0.6 is 0 Å². The number of aryl methyl sites for hydroxylation is 1. The fraction of sp³-hybridized carbons (Fsp3) is 0.750. The van der Waals surface area contributed by atoms with Crippen LogP contribution in [0.5, 0.6) is 0 Å². The Morgan fingerprint density at radius 2 is 2.24 bits per heavy atom. The van der Waals surface area contributed by atoms with Crippen LogP contribution in [0.4, 0.5) is 0 Å². The predicted octanol–water partition coefficient (Wildman–Crippen LogP) is 1.39. The van der Waals surface area contributed by atoms with Gasteiger partial charge in [-0.1, -0.05) is 12.8 Å². The third-order valence-electron chi connectivity index (χ3n) is 4.94. The number of piperidine rings is 1. The Hall–Kier alpha value is -1.36. The summed E-state index contributed by atoms with van der Waals surface area (Å²) in [4.78, 5) is 12.3. The van der Waals surface area contributed by atoms with Crippen molar-refractivity contribution in [3.05, 3.63) is 18.0 Å². The quantitative estimate of drug-likeness (QED) is 0.881. The molecule has 3 rings (SSSR count). The highest BCUT2D eigenvalue weighted by molar-refractivity contribution is 5.81. The predicted molar refractivity (Wildman–Crippen MR) is 81.8 cm³/mol. The second kappa shape index (κ2) is 6.60.